The molecule has 0 unspecified atom stereocenters. The van der Waals surface area contributed by atoms with Crippen LogP contribution in [0.1, 0.15) is 67.2 Å². The molecule has 2 atom stereocenters. The number of ether oxygens (including phenoxy) is 1. The maximum absolute atomic E-state index is 6.21. The summed E-state index contributed by atoms with van der Waals surface area (Å²) in [6.07, 6.45) is 7.86. The Morgan fingerprint density at radius 1 is 0.862 bits per heavy atom. The lowest BCUT2D eigenvalue weighted by Gasteiger charge is -2.37. The van der Waals surface area contributed by atoms with E-state index in [-0.39, 0.29) is 0 Å². The first kappa shape index (κ1) is 19.1. The smallest absolute Gasteiger partial charge is 0.119 e. The third-order valence-electron chi connectivity index (χ3n) is 7.11. The molecule has 2 saturated heterocycles. The minimum absolute atomic E-state index is 0.480. The van der Waals surface area contributed by atoms with E-state index in [1.165, 1.54) is 75.0 Å². The molecule has 2 aromatic carbocycles. The van der Waals surface area contributed by atoms with Gasteiger partial charge in [0.15, 0.2) is 0 Å². The topological polar surface area (TPSA) is 15.7 Å². The second kappa shape index (κ2) is 8.89. The van der Waals surface area contributed by atoms with Gasteiger partial charge in [0.2, 0.25) is 0 Å². The molecule has 154 valence electrons. The largest absolute Gasteiger partial charge is 0.494 e. The normalized spacial score (nSPS) is 24.8. The summed E-state index contributed by atoms with van der Waals surface area (Å²) in [4.78, 5) is 5.29. The minimum Gasteiger partial charge on any atom is -0.494 e. The van der Waals surface area contributed by atoms with Gasteiger partial charge >= 0.3 is 0 Å². The van der Waals surface area contributed by atoms with Gasteiger partial charge in [-0.2, -0.15) is 0 Å². The lowest BCUT2D eigenvalue weighted by Crippen LogP contribution is -2.34. The Morgan fingerprint density at radius 2 is 1.72 bits per heavy atom. The van der Waals surface area contributed by atoms with Gasteiger partial charge in [0, 0.05) is 25.0 Å². The van der Waals surface area contributed by atoms with Gasteiger partial charge in [-0.15, -0.1) is 0 Å². The van der Waals surface area contributed by atoms with Crippen molar-refractivity contribution in [2.75, 3.05) is 39.3 Å². The van der Waals surface area contributed by atoms with Gasteiger partial charge in [-0.25, -0.2) is 0 Å². The molecular weight excluding hydrogens is 356 g/mol. The van der Waals surface area contributed by atoms with Crippen molar-refractivity contribution in [1.82, 2.24) is 9.80 Å². The van der Waals surface area contributed by atoms with E-state index >= 15 is 0 Å². The van der Waals surface area contributed by atoms with Gasteiger partial charge in [0.1, 0.15) is 5.75 Å². The molecule has 5 rings (SSSR count). The van der Waals surface area contributed by atoms with Gasteiger partial charge in [-0.05, 0) is 80.6 Å². The van der Waals surface area contributed by atoms with Crippen LogP contribution in [0.4, 0.5) is 0 Å². The zero-order valence-electron chi connectivity index (χ0n) is 17.6. The highest BCUT2D eigenvalue weighted by Gasteiger charge is 2.36. The van der Waals surface area contributed by atoms with Crippen molar-refractivity contribution in [3.8, 4) is 5.75 Å². The molecule has 29 heavy (non-hydrogen) atoms. The first-order valence-corrected chi connectivity index (χ1v) is 11.7. The predicted molar refractivity (Wildman–Crippen MR) is 119 cm³/mol. The van der Waals surface area contributed by atoms with E-state index in [2.05, 4.69) is 58.3 Å². The summed E-state index contributed by atoms with van der Waals surface area (Å²) >= 11 is 0. The van der Waals surface area contributed by atoms with E-state index in [0.717, 1.165) is 25.3 Å². The van der Waals surface area contributed by atoms with Crippen LogP contribution >= 0.6 is 0 Å². The van der Waals surface area contributed by atoms with Gasteiger partial charge in [0.05, 0.1) is 6.61 Å². The number of benzene rings is 2. The number of hydrogen-bond acceptors (Lipinski definition) is 3. The fourth-order valence-corrected chi connectivity index (χ4v) is 5.61. The molecule has 3 aliphatic heterocycles. The lowest BCUT2D eigenvalue weighted by molar-refractivity contribution is 0.204. The van der Waals surface area contributed by atoms with Gasteiger partial charge in [0.25, 0.3) is 0 Å². The first-order valence-electron chi connectivity index (χ1n) is 11.7. The molecule has 2 fully saturated rings. The molecule has 3 nitrogen and oxygen atoms in total. The van der Waals surface area contributed by atoms with Crippen LogP contribution in [0.3, 0.4) is 0 Å². The Morgan fingerprint density at radius 3 is 2.59 bits per heavy atom. The van der Waals surface area contributed by atoms with Gasteiger partial charge in [-0.1, -0.05) is 42.8 Å². The number of likely N-dealkylation sites (tertiary alicyclic amines) is 1. The number of hydrogen-bond donors (Lipinski definition) is 0. The third kappa shape index (κ3) is 4.22. The molecule has 0 aliphatic carbocycles. The van der Waals surface area contributed by atoms with Crippen molar-refractivity contribution in [2.45, 2.75) is 50.5 Å². The Balaban J connectivity index is 1.29. The number of rotatable bonds is 6. The van der Waals surface area contributed by atoms with Crippen LogP contribution in [0.2, 0.25) is 0 Å². The molecular formula is C26H34N2O. The summed E-state index contributed by atoms with van der Waals surface area (Å²) in [5.74, 6) is 1.54. The molecule has 0 amide bonds. The van der Waals surface area contributed by atoms with Crippen molar-refractivity contribution in [1.29, 1.82) is 0 Å². The van der Waals surface area contributed by atoms with Crippen LogP contribution in [-0.4, -0.2) is 49.1 Å². The molecule has 3 heterocycles. The maximum Gasteiger partial charge on any atom is 0.119 e. The summed E-state index contributed by atoms with van der Waals surface area (Å²) in [7, 11) is 0. The molecule has 0 N–H and O–H groups in total. The molecule has 3 heteroatoms. The van der Waals surface area contributed by atoms with Gasteiger partial charge in [-0.3, -0.25) is 4.90 Å². The number of nitrogens with zero attached hydrogens (tertiary/aromatic N) is 2. The summed E-state index contributed by atoms with van der Waals surface area (Å²) in [6.45, 7) is 6.93. The second-order valence-corrected chi connectivity index (χ2v) is 9.01. The van der Waals surface area contributed by atoms with E-state index in [1.807, 2.05) is 0 Å². The fourth-order valence-electron chi connectivity index (χ4n) is 5.61. The molecule has 3 aliphatic rings. The molecule has 0 radical (unpaired) electrons. The van der Waals surface area contributed by atoms with Crippen LogP contribution in [0.25, 0.3) is 0 Å². The highest BCUT2D eigenvalue weighted by atomic mass is 16.5. The van der Waals surface area contributed by atoms with Crippen LogP contribution in [0.5, 0.6) is 5.75 Å². The zero-order chi connectivity index (χ0) is 19.5. The standard InChI is InChI=1S/C26H34N2O/c1-3-9-21(10-4-1)25-20-28-17-7-11-26(28)24-19-22(12-13-23(24)25)29-18-8-16-27-14-5-2-6-15-27/h1,3-4,9-10,12-13,19,25-26H,2,5-8,11,14-18,20H2/t25-,26-/m1/s1. The summed E-state index contributed by atoms with van der Waals surface area (Å²) in [6, 6.07) is 18.5. The van der Waals surface area contributed by atoms with E-state index in [9.17, 15) is 0 Å². The summed E-state index contributed by atoms with van der Waals surface area (Å²) in [5.41, 5.74) is 4.46. The van der Waals surface area contributed by atoms with Crippen LogP contribution in [0, 0.1) is 0 Å². The second-order valence-electron chi connectivity index (χ2n) is 9.01. The lowest BCUT2D eigenvalue weighted by atomic mass is 9.81. The average Bonchev–Trinajstić information content (AvgIpc) is 3.26. The van der Waals surface area contributed by atoms with Crippen molar-refractivity contribution >= 4 is 0 Å². The Bertz CT molecular complexity index is 800. The Kier molecular flexibility index (Phi) is 5.87. The molecule has 0 spiro atoms. The summed E-state index contributed by atoms with van der Waals surface area (Å²) in [5, 5.41) is 0. The third-order valence-corrected chi connectivity index (χ3v) is 7.11. The Hall–Kier alpha value is -1.84. The van der Waals surface area contributed by atoms with Crippen LogP contribution in [-0.2, 0) is 0 Å². The molecule has 0 bridgehead atoms. The zero-order valence-corrected chi connectivity index (χ0v) is 17.6. The number of piperidine rings is 1. The van der Waals surface area contributed by atoms with E-state index in [1.54, 1.807) is 0 Å². The van der Waals surface area contributed by atoms with Crippen molar-refractivity contribution in [2.24, 2.45) is 0 Å². The fraction of sp³-hybridized carbons (Fsp3) is 0.538. The van der Waals surface area contributed by atoms with Crippen molar-refractivity contribution in [3.05, 3.63) is 65.2 Å². The van der Waals surface area contributed by atoms with E-state index in [0.29, 0.717) is 12.0 Å². The first-order chi connectivity index (χ1) is 14.4. The molecule has 0 aromatic heterocycles. The maximum atomic E-state index is 6.21. The van der Waals surface area contributed by atoms with Crippen LogP contribution in [0.15, 0.2) is 48.5 Å². The van der Waals surface area contributed by atoms with E-state index < -0.39 is 0 Å². The highest BCUT2D eigenvalue weighted by Crippen LogP contribution is 2.45. The predicted octanol–water partition coefficient (Wildman–Crippen LogP) is 5.22. The van der Waals surface area contributed by atoms with Crippen molar-refractivity contribution < 1.29 is 4.74 Å². The monoisotopic (exact) mass is 390 g/mol. The van der Waals surface area contributed by atoms with Crippen LogP contribution < -0.4 is 4.74 Å². The Labute approximate surface area is 175 Å². The van der Waals surface area contributed by atoms with E-state index in [4.69, 9.17) is 4.74 Å². The SMILES string of the molecule is c1ccc([C@H]2CN3CCC[C@@H]3c3cc(OCCCN4CCCCC4)ccc32)cc1. The highest BCUT2D eigenvalue weighted by molar-refractivity contribution is 5.46. The quantitative estimate of drug-likeness (QED) is 0.629. The average molecular weight is 391 g/mol. The van der Waals surface area contributed by atoms with Crippen molar-refractivity contribution in [3.63, 3.8) is 0 Å². The minimum atomic E-state index is 0.480. The number of fused-ring (bicyclic) bond motifs is 3. The molecule has 2 aromatic rings. The molecule has 0 saturated carbocycles. The van der Waals surface area contributed by atoms with Gasteiger partial charge < -0.3 is 9.64 Å². The summed E-state index contributed by atoms with van der Waals surface area (Å²) < 4.78 is 6.21.